The van der Waals surface area contributed by atoms with Crippen molar-refractivity contribution < 1.29 is 23.1 Å². The number of nitrogens with zero attached hydrogens (tertiary/aromatic N) is 1. The van der Waals surface area contributed by atoms with E-state index in [0.717, 1.165) is 0 Å². The Morgan fingerprint density at radius 2 is 2.05 bits per heavy atom. The summed E-state index contributed by atoms with van der Waals surface area (Å²) in [5.74, 6) is -1.48. The van der Waals surface area contributed by atoms with Gasteiger partial charge in [-0.05, 0) is 12.1 Å². The maximum atomic E-state index is 12.1. The largest absolute Gasteiger partial charge is 0.477 e. The third-order valence-corrected chi connectivity index (χ3v) is 6.06. The van der Waals surface area contributed by atoms with Crippen molar-refractivity contribution in [1.82, 2.24) is 9.62 Å². The lowest BCUT2D eigenvalue weighted by molar-refractivity contribution is -0.145. The van der Waals surface area contributed by atoms with E-state index in [4.69, 9.17) is 0 Å². The highest BCUT2D eigenvalue weighted by Crippen LogP contribution is 2.45. The number of carbonyl (C=O) groups excluding carboxylic acids is 1. The van der Waals surface area contributed by atoms with Gasteiger partial charge in [0.25, 0.3) is 0 Å². The molecule has 1 aromatic rings. The van der Waals surface area contributed by atoms with Gasteiger partial charge in [0.2, 0.25) is 15.9 Å². The van der Waals surface area contributed by atoms with Gasteiger partial charge < -0.3 is 5.11 Å². The van der Waals surface area contributed by atoms with E-state index in [-0.39, 0.29) is 34.8 Å². The van der Waals surface area contributed by atoms with E-state index in [1.807, 2.05) is 0 Å². The number of sulfonamides is 1. The molecule has 3 rings (SSSR count). The minimum atomic E-state index is -3.72. The monoisotopic (exact) mass is 340 g/mol. The molecule has 0 unspecified atom stereocenters. The molecule has 1 amide bonds. The number of β-lactam (4-membered cyclic amide) rings is 1. The second kappa shape index (κ2) is 5.41. The molecule has 0 saturated carbocycles. The van der Waals surface area contributed by atoms with Crippen molar-refractivity contribution >= 4 is 33.7 Å². The Bertz CT molecular complexity index is 773. The van der Waals surface area contributed by atoms with Crippen LogP contribution in [0, 0.1) is 0 Å². The van der Waals surface area contributed by atoms with E-state index in [0.29, 0.717) is 4.91 Å². The molecule has 1 saturated heterocycles. The van der Waals surface area contributed by atoms with Gasteiger partial charge in [0.15, 0.2) is 0 Å². The van der Waals surface area contributed by atoms with Crippen molar-refractivity contribution in [1.29, 1.82) is 0 Å². The zero-order valence-corrected chi connectivity index (χ0v) is 12.9. The molecular weight excluding hydrogens is 328 g/mol. The van der Waals surface area contributed by atoms with Crippen LogP contribution in [0.3, 0.4) is 0 Å². The van der Waals surface area contributed by atoms with Crippen molar-refractivity contribution in [3.05, 3.63) is 40.9 Å². The summed E-state index contributed by atoms with van der Waals surface area (Å²) >= 11 is 1.21. The Labute approximate surface area is 131 Å². The molecule has 2 N–H and O–H groups in total. The van der Waals surface area contributed by atoms with Gasteiger partial charge in [0.1, 0.15) is 5.70 Å². The molecule has 0 aliphatic carbocycles. The highest BCUT2D eigenvalue weighted by atomic mass is 32.2. The second-order valence-corrected chi connectivity index (χ2v) is 7.79. The fourth-order valence-electron chi connectivity index (χ4n) is 2.30. The number of hydrogen-bond donors (Lipinski definition) is 2. The summed E-state index contributed by atoms with van der Waals surface area (Å²) < 4.78 is 26.7. The zero-order chi connectivity index (χ0) is 15.9. The number of amides is 1. The van der Waals surface area contributed by atoms with Gasteiger partial charge in [0.05, 0.1) is 16.7 Å². The van der Waals surface area contributed by atoms with E-state index in [1.54, 1.807) is 18.2 Å². The molecule has 9 heteroatoms. The number of carboxylic acid groups (broad SMARTS) is 1. The predicted molar refractivity (Wildman–Crippen MR) is 79.1 cm³/mol. The van der Waals surface area contributed by atoms with E-state index in [2.05, 4.69) is 4.72 Å². The number of benzene rings is 1. The lowest BCUT2D eigenvalue weighted by Gasteiger charge is -2.33. The first-order valence-corrected chi connectivity index (χ1v) is 8.76. The third kappa shape index (κ3) is 2.51. The molecule has 2 aliphatic rings. The van der Waals surface area contributed by atoms with Crippen LogP contribution >= 0.6 is 11.8 Å². The quantitative estimate of drug-likeness (QED) is 0.760. The third-order valence-electron chi connectivity index (χ3n) is 3.37. The van der Waals surface area contributed by atoms with Crippen molar-refractivity contribution in [2.75, 3.05) is 6.54 Å². The van der Waals surface area contributed by atoms with Gasteiger partial charge in [-0.25, -0.2) is 17.9 Å². The standard InChI is InChI=1S/C13H12N2O5S2/c16-10-6-11-15(10)12(13(17)18)9(21-11)7-14-22(19,20)8-4-2-1-3-5-8/h1-5,11,14H,6-7H2,(H,17,18)/t11-/m0/s1. The van der Waals surface area contributed by atoms with Crippen LogP contribution < -0.4 is 4.72 Å². The number of rotatable bonds is 5. The van der Waals surface area contributed by atoms with Crippen LogP contribution in [-0.4, -0.2) is 42.2 Å². The van der Waals surface area contributed by atoms with E-state index in [1.165, 1.54) is 28.8 Å². The number of carboxylic acids is 1. The van der Waals surface area contributed by atoms with Crippen molar-refractivity contribution in [3.63, 3.8) is 0 Å². The number of aliphatic carboxylic acids is 1. The van der Waals surface area contributed by atoms with Crippen LogP contribution in [0.1, 0.15) is 6.42 Å². The minimum absolute atomic E-state index is 0.106. The summed E-state index contributed by atoms with van der Waals surface area (Å²) in [6.45, 7) is -0.149. The molecule has 116 valence electrons. The Kier molecular flexibility index (Phi) is 3.71. The SMILES string of the molecule is O=C(O)C1=C(CNS(=O)(=O)c2ccccc2)S[C@H]2CC(=O)N12. The van der Waals surface area contributed by atoms with Gasteiger partial charge in [0, 0.05) is 11.4 Å². The minimum Gasteiger partial charge on any atom is -0.477 e. The van der Waals surface area contributed by atoms with Gasteiger partial charge >= 0.3 is 5.97 Å². The lowest BCUT2D eigenvalue weighted by Crippen LogP contribution is -2.48. The molecule has 2 aliphatic heterocycles. The summed E-state index contributed by atoms with van der Waals surface area (Å²) in [5, 5.41) is 9.00. The molecule has 0 radical (unpaired) electrons. The summed E-state index contributed by atoms with van der Waals surface area (Å²) in [6.07, 6.45) is 0.274. The highest BCUT2D eigenvalue weighted by Gasteiger charge is 2.48. The Balaban J connectivity index is 1.80. The normalized spacial score (nSPS) is 20.8. The molecule has 0 aromatic heterocycles. The Hall–Kier alpha value is -1.84. The average Bonchev–Trinajstić information content (AvgIpc) is 2.79. The fraction of sp³-hybridized carbons (Fsp3) is 0.231. The molecule has 1 fully saturated rings. The number of carbonyl (C=O) groups is 2. The molecule has 22 heavy (non-hydrogen) atoms. The van der Waals surface area contributed by atoms with Crippen molar-refractivity contribution in [3.8, 4) is 0 Å². The maximum Gasteiger partial charge on any atom is 0.353 e. The Morgan fingerprint density at radius 3 is 2.64 bits per heavy atom. The van der Waals surface area contributed by atoms with E-state index < -0.39 is 16.0 Å². The highest BCUT2D eigenvalue weighted by molar-refractivity contribution is 8.04. The molecular formula is C13H12N2O5S2. The van der Waals surface area contributed by atoms with Crippen LogP contribution in [0.25, 0.3) is 0 Å². The summed E-state index contributed by atoms with van der Waals surface area (Å²) in [7, 11) is -3.72. The molecule has 1 aromatic carbocycles. The second-order valence-electron chi connectivity index (χ2n) is 4.75. The van der Waals surface area contributed by atoms with Crippen LogP contribution in [0.4, 0.5) is 0 Å². The molecule has 0 spiro atoms. The van der Waals surface area contributed by atoms with E-state index in [9.17, 15) is 23.1 Å². The Morgan fingerprint density at radius 1 is 1.36 bits per heavy atom. The first-order valence-electron chi connectivity index (χ1n) is 6.40. The summed E-state index contributed by atoms with van der Waals surface area (Å²) in [4.78, 5) is 24.4. The molecule has 0 bridgehead atoms. The first-order chi connectivity index (χ1) is 10.4. The molecule has 2 heterocycles. The van der Waals surface area contributed by atoms with E-state index >= 15 is 0 Å². The zero-order valence-electron chi connectivity index (χ0n) is 11.2. The number of fused-ring (bicyclic) bond motifs is 1. The fourth-order valence-corrected chi connectivity index (χ4v) is 4.74. The van der Waals surface area contributed by atoms with Gasteiger partial charge in [-0.15, -0.1) is 11.8 Å². The number of hydrogen-bond acceptors (Lipinski definition) is 5. The average molecular weight is 340 g/mol. The summed E-state index contributed by atoms with van der Waals surface area (Å²) in [5.41, 5.74) is -0.123. The summed E-state index contributed by atoms with van der Waals surface area (Å²) in [6, 6.07) is 7.81. The van der Waals surface area contributed by atoms with Crippen LogP contribution in [-0.2, 0) is 19.6 Å². The van der Waals surface area contributed by atoms with Gasteiger partial charge in [-0.3, -0.25) is 9.69 Å². The van der Waals surface area contributed by atoms with Gasteiger partial charge in [-0.2, -0.15) is 0 Å². The number of thioether (sulfide) groups is 1. The smallest absolute Gasteiger partial charge is 0.353 e. The van der Waals surface area contributed by atoms with Crippen molar-refractivity contribution in [2.45, 2.75) is 16.7 Å². The maximum absolute atomic E-state index is 12.1. The topological polar surface area (TPSA) is 104 Å². The predicted octanol–water partition coefficient (Wildman–Crippen LogP) is 0.566. The van der Waals surface area contributed by atoms with Crippen LogP contribution in [0.2, 0.25) is 0 Å². The number of nitrogens with one attached hydrogen (secondary N) is 1. The van der Waals surface area contributed by atoms with Gasteiger partial charge in [-0.1, -0.05) is 18.2 Å². The van der Waals surface area contributed by atoms with Crippen LogP contribution in [0.5, 0.6) is 0 Å². The molecule has 1 atom stereocenters. The van der Waals surface area contributed by atoms with Crippen LogP contribution in [0.15, 0.2) is 45.8 Å². The lowest BCUT2D eigenvalue weighted by atomic mass is 10.1. The molecule has 7 nitrogen and oxygen atoms in total. The van der Waals surface area contributed by atoms with Crippen molar-refractivity contribution in [2.24, 2.45) is 0 Å². The first kappa shape index (κ1) is 15.1.